The van der Waals surface area contributed by atoms with Crippen LogP contribution in [0.2, 0.25) is 5.02 Å². The van der Waals surface area contributed by atoms with Crippen LogP contribution >= 0.6 is 11.6 Å². The largest absolute Gasteiger partial charge is 0.461 e. The van der Waals surface area contributed by atoms with E-state index in [9.17, 15) is 4.79 Å². The molecule has 0 spiro atoms. The molecule has 0 aliphatic carbocycles. The molecule has 1 aliphatic heterocycles. The standard InChI is InChI=1S/C19H23ClN2O2/c1-3-24-19(23)18-12-14-8-10-22(11-9-17(14)21(18)2)13-15-6-4-5-7-16(15)20/h4-7,12H,3,8-11,13H2,1-2H3. The van der Waals surface area contributed by atoms with E-state index in [-0.39, 0.29) is 5.97 Å². The second-order valence-electron chi connectivity index (χ2n) is 6.15. The lowest BCUT2D eigenvalue weighted by atomic mass is 10.1. The number of esters is 1. The summed E-state index contributed by atoms with van der Waals surface area (Å²) in [5, 5.41) is 0.823. The summed E-state index contributed by atoms with van der Waals surface area (Å²) >= 11 is 6.28. The lowest BCUT2D eigenvalue weighted by Crippen LogP contribution is -2.26. The Balaban J connectivity index is 1.72. The van der Waals surface area contributed by atoms with Gasteiger partial charge >= 0.3 is 5.97 Å². The Morgan fingerprint density at radius 2 is 2.00 bits per heavy atom. The first-order valence-electron chi connectivity index (χ1n) is 8.40. The fraction of sp³-hybridized carbons (Fsp3) is 0.421. The van der Waals surface area contributed by atoms with Crippen LogP contribution in [0.5, 0.6) is 0 Å². The minimum absolute atomic E-state index is 0.235. The minimum atomic E-state index is -0.235. The van der Waals surface area contributed by atoms with Crippen molar-refractivity contribution in [3.05, 3.63) is 57.9 Å². The SMILES string of the molecule is CCOC(=O)c1cc2c(n1C)CCN(Cc1ccccc1Cl)CC2. The molecule has 0 bridgehead atoms. The Labute approximate surface area is 148 Å². The number of rotatable bonds is 4. The van der Waals surface area contributed by atoms with Crippen molar-refractivity contribution in [3.63, 3.8) is 0 Å². The maximum atomic E-state index is 12.0. The number of nitrogens with zero attached hydrogens (tertiary/aromatic N) is 2. The summed E-state index contributed by atoms with van der Waals surface area (Å²) in [6, 6.07) is 10.0. The second-order valence-corrected chi connectivity index (χ2v) is 6.56. The highest BCUT2D eigenvalue weighted by Gasteiger charge is 2.22. The topological polar surface area (TPSA) is 34.5 Å². The van der Waals surface area contributed by atoms with E-state index in [1.165, 1.54) is 11.3 Å². The Morgan fingerprint density at radius 3 is 2.75 bits per heavy atom. The molecule has 128 valence electrons. The zero-order valence-electron chi connectivity index (χ0n) is 14.2. The summed E-state index contributed by atoms with van der Waals surface area (Å²) in [6.45, 7) is 5.01. The van der Waals surface area contributed by atoms with Gasteiger partial charge in [-0.1, -0.05) is 29.8 Å². The monoisotopic (exact) mass is 346 g/mol. The maximum absolute atomic E-state index is 12.0. The van der Waals surface area contributed by atoms with Crippen molar-refractivity contribution in [1.29, 1.82) is 0 Å². The van der Waals surface area contributed by atoms with E-state index in [1.807, 2.05) is 42.8 Å². The number of carbonyl (C=O) groups is 1. The van der Waals surface area contributed by atoms with Gasteiger partial charge in [0, 0.05) is 43.8 Å². The van der Waals surface area contributed by atoms with Crippen LogP contribution in [-0.2, 0) is 31.2 Å². The van der Waals surface area contributed by atoms with Crippen LogP contribution < -0.4 is 0 Å². The highest BCUT2D eigenvalue weighted by atomic mass is 35.5. The van der Waals surface area contributed by atoms with Crippen molar-refractivity contribution in [2.75, 3.05) is 19.7 Å². The average molecular weight is 347 g/mol. The number of hydrogen-bond acceptors (Lipinski definition) is 3. The van der Waals surface area contributed by atoms with Crippen LogP contribution in [0, 0.1) is 0 Å². The van der Waals surface area contributed by atoms with Gasteiger partial charge in [-0.15, -0.1) is 0 Å². The molecule has 0 unspecified atom stereocenters. The molecule has 0 saturated carbocycles. The van der Waals surface area contributed by atoms with Crippen molar-refractivity contribution in [3.8, 4) is 0 Å². The quantitative estimate of drug-likeness (QED) is 0.795. The molecule has 1 aliphatic rings. The van der Waals surface area contributed by atoms with E-state index in [0.29, 0.717) is 12.3 Å². The predicted molar refractivity (Wildman–Crippen MR) is 95.5 cm³/mol. The maximum Gasteiger partial charge on any atom is 0.354 e. The molecule has 1 aromatic heterocycles. The van der Waals surface area contributed by atoms with Crippen molar-refractivity contribution >= 4 is 17.6 Å². The molecule has 0 radical (unpaired) electrons. The third-order valence-corrected chi connectivity index (χ3v) is 5.02. The van der Waals surface area contributed by atoms with E-state index >= 15 is 0 Å². The molecular weight excluding hydrogens is 324 g/mol. The highest BCUT2D eigenvalue weighted by molar-refractivity contribution is 6.31. The zero-order valence-corrected chi connectivity index (χ0v) is 15.0. The molecule has 24 heavy (non-hydrogen) atoms. The lowest BCUT2D eigenvalue weighted by Gasteiger charge is -2.20. The molecule has 4 nitrogen and oxygen atoms in total. The Hall–Kier alpha value is -1.78. The first-order chi connectivity index (χ1) is 11.6. The summed E-state index contributed by atoms with van der Waals surface area (Å²) in [5.41, 5.74) is 4.31. The van der Waals surface area contributed by atoms with Gasteiger partial charge in [0.2, 0.25) is 0 Å². The Morgan fingerprint density at radius 1 is 1.25 bits per heavy atom. The van der Waals surface area contributed by atoms with E-state index in [1.54, 1.807) is 0 Å². The van der Waals surface area contributed by atoms with E-state index in [0.717, 1.165) is 43.1 Å². The Bertz CT molecular complexity index is 739. The summed E-state index contributed by atoms with van der Waals surface area (Å²) in [6.07, 6.45) is 1.86. The number of carbonyl (C=O) groups excluding carboxylic acids is 1. The van der Waals surface area contributed by atoms with Crippen molar-refractivity contribution < 1.29 is 9.53 Å². The zero-order chi connectivity index (χ0) is 17.1. The van der Waals surface area contributed by atoms with Crippen LogP contribution in [0.1, 0.15) is 34.2 Å². The molecule has 0 N–H and O–H groups in total. The van der Waals surface area contributed by atoms with Crippen molar-refractivity contribution in [1.82, 2.24) is 9.47 Å². The summed E-state index contributed by atoms with van der Waals surface area (Å²) in [7, 11) is 1.95. The van der Waals surface area contributed by atoms with Crippen LogP contribution in [0.4, 0.5) is 0 Å². The van der Waals surface area contributed by atoms with Gasteiger partial charge < -0.3 is 9.30 Å². The predicted octanol–water partition coefficient (Wildman–Crippen LogP) is 3.46. The van der Waals surface area contributed by atoms with Crippen LogP contribution in [0.15, 0.2) is 30.3 Å². The summed E-state index contributed by atoms with van der Waals surface area (Å²) in [5.74, 6) is -0.235. The minimum Gasteiger partial charge on any atom is -0.461 e. The molecule has 0 saturated heterocycles. The average Bonchev–Trinajstić information content (AvgIpc) is 2.75. The molecule has 0 amide bonds. The first-order valence-corrected chi connectivity index (χ1v) is 8.78. The van der Waals surface area contributed by atoms with Gasteiger partial charge in [-0.25, -0.2) is 4.79 Å². The number of ether oxygens (including phenoxy) is 1. The highest BCUT2D eigenvalue weighted by Crippen LogP contribution is 2.23. The summed E-state index contributed by atoms with van der Waals surface area (Å²) < 4.78 is 7.14. The second kappa shape index (κ2) is 7.41. The molecular formula is C19H23ClN2O2. The molecule has 5 heteroatoms. The fourth-order valence-electron chi connectivity index (χ4n) is 3.33. The first kappa shape index (κ1) is 17.1. The molecule has 1 aromatic carbocycles. The van der Waals surface area contributed by atoms with E-state index < -0.39 is 0 Å². The van der Waals surface area contributed by atoms with Gasteiger partial charge in [-0.2, -0.15) is 0 Å². The Kier molecular flexibility index (Phi) is 5.27. The number of hydrogen-bond donors (Lipinski definition) is 0. The van der Waals surface area contributed by atoms with Crippen LogP contribution in [-0.4, -0.2) is 35.1 Å². The molecule has 3 rings (SSSR count). The smallest absolute Gasteiger partial charge is 0.354 e. The van der Waals surface area contributed by atoms with Gasteiger partial charge in [0.15, 0.2) is 0 Å². The van der Waals surface area contributed by atoms with E-state index in [4.69, 9.17) is 16.3 Å². The molecule has 2 heterocycles. The molecule has 2 aromatic rings. The van der Waals surface area contributed by atoms with Gasteiger partial charge in [-0.05, 0) is 36.6 Å². The van der Waals surface area contributed by atoms with Gasteiger partial charge in [0.25, 0.3) is 0 Å². The molecule has 0 atom stereocenters. The van der Waals surface area contributed by atoms with Gasteiger partial charge in [0.05, 0.1) is 6.61 Å². The van der Waals surface area contributed by atoms with Crippen molar-refractivity contribution in [2.24, 2.45) is 7.05 Å². The van der Waals surface area contributed by atoms with Gasteiger partial charge in [-0.3, -0.25) is 4.90 Å². The van der Waals surface area contributed by atoms with E-state index in [2.05, 4.69) is 11.0 Å². The number of halogens is 1. The normalized spacial score (nSPS) is 15.0. The third-order valence-electron chi connectivity index (χ3n) is 4.65. The fourth-order valence-corrected chi connectivity index (χ4v) is 3.53. The summed E-state index contributed by atoms with van der Waals surface area (Å²) in [4.78, 5) is 14.5. The number of aromatic nitrogens is 1. The third kappa shape index (κ3) is 3.50. The number of fused-ring (bicyclic) bond motifs is 1. The molecule has 0 fully saturated rings. The lowest BCUT2D eigenvalue weighted by molar-refractivity contribution is 0.0515. The van der Waals surface area contributed by atoms with Crippen molar-refractivity contribution in [2.45, 2.75) is 26.3 Å². The van der Waals surface area contributed by atoms with Crippen LogP contribution in [0.3, 0.4) is 0 Å². The van der Waals surface area contributed by atoms with Gasteiger partial charge in [0.1, 0.15) is 5.69 Å². The van der Waals surface area contributed by atoms with Crippen LogP contribution in [0.25, 0.3) is 0 Å². The number of benzene rings is 1.